The molecule has 4 nitrogen and oxygen atoms in total. The largest absolute Gasteiger partial charge is 0.370 e. The second-order valence-electron chi connectivity index (χ2n) is 6.25. The van der Waals surface area contributed by atoms with Crippen LogP contribution in [0.2, 0.25) is 0 Å². The van der Waals surface area contributed by atoms with Crippen molar-refractivity contribution >= 4 is 11.6 Å². The summed E-state index contributed by atoms with van der Waals surface area (Å²) in [6.07, 6.45) is 2.60. The molecule has 0 fully saturated rings. The molecule has 128 valence electrons. The summed E-state index contributed by atoms with van der Waals surface area (Å²) in [7, 11) is 3.96. The summed E-state index contributed by atoms with van der Waals surface area (Å²) in [6.45, 7) is 0.846. The zero-order valence-corrected chi connectivity index (χ0v) is 14.8. The Labute approximate surface area is 149 Å². The van der Waals surface area contributed by atoms with Crippen LogP contribution in [0.4, 0.5) is 11.6 Å². The van der Waals surface area contributed by atoms with Crippen molar-refractivity contribution in [3.05, 3.63) is 84.2 Å². The molecule has 3 rings (SSSR count). The lowest BCUT2D eigenvalue weighted by molar-refractivity contribution is 0.743. The van der Waals surface area contributed by atoms with Crippen LogP contribution in [0.25, 0.3) is 0 Å². The maximum absolute atomic E-state index is 4.32. The van der Waals surface area contributed by atoms with Gasteiger partial charge in [-0.25, -0.2) is 9.97 Å². The lowest BCUT2D eigenvalue weighted by atomic mass is 9.88. The molecule has 0 aliphatic carbocycles. The summed E-state index contributed by atoms with van der Waals surface area (Å²) in [5.74, 6) is 2.13. The van der Waals surface area contributed by atoms with Crippen molar-refractivity contribution in [2.75, 3.05) is 30.9 Å². The van der Waals surface area contributed by atoms with Gasteiger partial charge in [0.05, 0.1) is 0 Å². The summed E-state index contributed by atoms with van der Waals surface area (Å²) in [5, 5.41) is 3.43. The van der Waals surface area contributed by atoms with Crippen molar-refractivity contribution in [2.45, 2.75) is 12.3 Å². The van der Waals surface area contributed by atoms with Crippen LogP contribution in [0.15, 0.2) is 73.1 Å². The van der Waals surface area contributed by atoms with Crippen molar-refractivity contribution in [3.63, 3.8) is 0 Å². The number of hydrogen-bond acceptors (Lipinski definition) is 4. The third-order valence-electron chi connectivity index (χ3n) is 4.25. The molecular formula is C21H24N4. The van der Waals surface area contributed by atoms with Crippen LogP contribution >= 0.6 is 0 Å². The van der Waals surface area contributed by atoms with Crippen LogP contribution in [-0.2, 0) is 0 Å². The summed E-state index contributed by atoms with van der Waals surface area (Å²) in [4.78, 5) is 10.5. The Bertz CT molecular complexity index is 733. The summed E-state index contributed by atoms with van der Waals surface area (Å²) in [6, 6.07) is 23.3. The third kappa shape index (κ3) is 4.57. The van der Waals surface area contributed by atoms with Crippen LogP contribution in [0.5, 0.6) is 0 Å². The van der Waals surface area contributed by atoms with Crippen molar-refractivity contribution in [1.82, 2.24) is 9.97 Å². The van der Waals surface area contributed by atoms with E-state index in [9.17, 15) is 0 Å². The molecule has 4 heteroatoms. The zero-order valence-electron chi connectivity index (χ0n) is 14.8. The number of aromatic nitrogens is 2. The van der Waals surface area contributed by atoms with Gasteiger partial charge in [0.1, 0.15) is 18.0 Å². The fourth-order valence-corrected chi connectivity index (χ4v) is 2.93. The summed E-state index contributed by atoms with van der Waals surface area (Å²) >= 11 is 0. The summed E-state index contributed by atoms with van der Waals surface area (Å²) < 4.78 is 0. The molecule has 0 unspecified atom stereocenters. The van der Waals surface area contributed by atoms with E-state index in [0.717, 1.165) is 24.6 Å². The maximum atomic E-state index is 4.32. The molecule has 0 radical (unpaired) electrons. The van der Waals surface area contributed by atoms with Gasteiger partial charge in [-0.1, -0.05) is 60.7 Å². The average Bonchev–Trinajstić information content (AvgIpc) is 2.67. The highest BCUT2D eigenvalue weighted by atomic mass is 15.2. The molecule has 0 saturated heterocycles. The highest BCUT2D eigenvalue weighted by Crippen LogP contribution is 2.27. The number of hydrogen-bond donors (Lipinski definition) is 1. The van der Waals surface area contributed by atoms with Gasteiger partial charge in [-0.05, 0) is 17.5 Å². The molecular weight excluding hydrogens is 308 g/mol. The highest BCUT2D eigenvalue weighted by Gasteiger charge is 2.13. The minimum atomic E-state index is 0.366. The van der Waals surface area contributed by atoms with E-state index in [0.29, 0.717) is 5.92 Å². The number of benzene rings is 2. The monoisotopic (exact) mass is 332 g/mol. The second-order valence-corrected chi connectivity index (χ2v) is 6.25. The van der Waals surface area contributed by atoms with Crippen molar-refractivity contribution in [1.29, 1.82) is 0 Å². The standard InChI is InChI=1S/C21H24N4/c1-25(2)21-15-20(23-16-24-21)22-14-13-19(17-9-5-3-6-10-17)18-11-7-4-8-12-18/h3-12,15-16,19H,13-14H2,1-2H3,(H,22,23,24). The van der Waals surface area contributed by atoms with E-state index in [1.54, 1.807) is 6.33 Å². The molecule has 0 aliphatic rings. The van der Waals surface area contributed by atoms with E-state index >= 15 is 0 Å². The van der Waals surface area contributed by atoms with E-state index in [1.165, 1.54) is 11.1 Å². The Balaban J connectivity index is 1.70. The molecule has 3 aromatic rings. The first-order valence-corrected chi connectivity index (χ1v) is 8.57. The van der Waals surface area contributed by atoms with Crippen molar-refractivity contribution in [2.24, 2.45) is 0 Å². The molecule has 0 bridgehead atoms. The molecule has 0 saturated carbocycles. The smallest absolute Gasteiger partial charge is 0.133 e. The van der Waals surface area contributed by atoms with Crippen LogP contribution in [0.1, 0.15) is 23.5 Å². The second kappa shape index (κ2) is 8.29. The van der Waals surface area contributed by atoms with Gasteiger partial charge in [-0.3, -0.25) is 0 Å². The molecule has 1 N–H and O–H groups in total. The third-order valence-corrected chi connectivity index (χ3v) is 4.25. The van der Waals surface area contributed by atoms with E-state index in [-0.39, 0.29) is 0 Å². The molecule has 0 amide bonds. The minimum absolute atomic E-state index is 0.366. The van der Waals surface area contributed by atoms with E-state index in [2.05, 4.69) is 75.9 Å². The number of nitrogens with one attached hydrogen (secondary N) is 1. The fraction of sp³-hybridized carbons (Fsp3) is 0.238. The van der Waals surface area contributed by atoms with Crippen LogP contribution < -0.4 is 10.2 Å². The maximum Gasteiger partial charge on any atom is 0.133 e. The van der Waals surface area contributed by atoms with E-state index in [1.807, 2.05) is 25.1 Å². The van der Waals surface area contributed by atoms with Gasteiger partial charge in [0.15, 0.2) is 0 Å². The Morgan fingerprint density at radius 2 is 1.48 bits per heavy atom. The molecule has 0 aliphatic heterocycles. The van der Waals surface area contributed by atoms with Gasteiger partial charge in [0.2, 0.25) is 0 Å². The first-order valence-electron chi connectivity index (χ1n) is 8.57. The quantitative estimate of drug-likeness (QED) is 0.705. The number of rotatable bonds is 7. The topological polar surface area (TPSA) is 41.0 Å². The predicted octanol–water partition coefficient (Wildman–Crippen LogP) is 4.18. The van der Waals surface area contributed by atoms with Crippen molar-refractivity contribution in [3.8, 4) is 0 Å². The first-order chi connectivity index (χ1) is 12.2. The molecule has 2 aromatic carbocycles. The number of nitrogens with zero attached hydrogens (tertiary/aromatic N) is 3. The van der Waals surface area contributed by atoms with Crippen LogP contribution in [0, 0.1) is 0 Å². The number of anilines is 2. The Morgan fingerprint density at radius 3 is 2.04 bits per heavy atom. The van der Waals surface area contributed by atoms with Gasteiger partial charge in [-0.2, -0.15) is 0 Å². The van der Waals surface area contributed by atoms with E-state index < -0.39 is 0 Å². The Kier molecular flexibility index (Phi) is 5.62. The molecule has 0 spiro atoms. The Morgan fingerprint density at radius 1 is 0.880 bits per heavy atom. The lowest BCUT2D eigenvalue weighted by Crippen LogP contribution is -2.13. The van der Waals surface area contributed by atoms with Crippen molar-refractivity contribution < 1.29 is 0 Å². The van der Waals surface area contributed by atoms with Crippen LogP contribution in [-0.4, -0.2) is 30.6 Å². The first kappa shape index (κ1) is 17.0. The predicted molar refractivity (Wildman–Crippen MR) is 104 cm³/mol. The SMILES string of the molecule is CN(C)c1cc(NCCC(c2ccccc2)c2ccccc2)ncn1. The van der Waals surface area contributed by atoms with Gasteiger partial charge < -0.3 is 10.2 Å². The van der Waals surface area contributed by atoms with Gasteiger partial charge in [0.25, 0.3) is 0 Å². The molecule has 1 heterocycles. The highest BCUT2D eigenvalue weighted by molar-refractivity contribution is 5.47. The van der Waals surface area contributed by atoms with E-state index in [4.69, 9.17) is 0 Å². The van der Waals surface area contributed by atoms with Gasteiger partial charge >= 0.3 is 0 Å². The van der Waals surface area contributed by atoms with Crippen LogP contribution in [0.3, 0.4) is 0 Å². The average molecular weight is 332 g/mol. The summed E-state index contributed by atoms with van der Waals surface area (Å²) in [5.41, 5.74) is 2.68. The normalized spacial score (nSPS) is 10.7. The fourth-order valence-electron chi connectivity index (χ4n) is 2.93. The van der Waals surface area contributed by atoms with Gasteiger partial charge in [0, 0.05) is 32.6 Å². The zero-order chi connectivity index (χ0) is 17.5. The molecule has 0 atom stereocenters. The van der Waals surface area contributed by atoms with Gasteiger partial charge in [-0.15, -0.1) is 0 Å². The molecule has 1 aromatic heterocycles. The lowest BCUT2D eigenvalue weighted by Gasteiger charge is -2.19. The molecule has 25 heavy (non-hydrogen) atoms. The minimum Gasteiger partial charge on any atom is -0.370 e. The Hall–Kier alpha value is -2.88.